The van der Waals surface area contributed by atoms with E-state index in [2.05, 4.69) is 54.9 Å². The summed E-state index contributed by atoms with van der Waals surface area (Å²) in [6.07, 6.45) is 3.62. The zero-order valence-electron chi connectivity index (χ0n) is 19.3. The summed E-state index contributed by atoms with van der Waals surface area (Å²) in [6.45, 7) is 4.28. The van der Waals surface area contributed by atoms with Gasteiger partial charge in [0.2, 0.25) is 0 Å². The molecule has 9 nitrogen and oxygen atoms in total. The van der Waals surface area contributed by atoms with Crippen molar-refractivity contribution in [3.63, 3.8) is 0 Å². The number of para-hydroxylation sites is 1. The number of hydrogen-bond donors (Lipinski definition) is 3. The van der Waals surface area contributed by atoms with Crippen molar-refractivity contribution in [2.24, 2.45) is 12.0 Å². The number of aryl methyl sites for hydroxylation is 1. The van der Waals surface area contributed by atoms with E-state index in [0.29, 0.717) is 19.0 Å². The molecule has 1 atom stereocenters. The van der Waals surface area contributed by atoms with Crippen molar-refractivity contribution in [2.75, 3.05) is 31.6 Å². The number of halogens is 1. The summed E-state index contributed by atoms with van der Waals surface area (Å²) in [7, 11) is 4.01. The molecule has 0 aliphatic heterocycles. The van der Waals surface area contributed by atoms with E-state index in [1.807, 2.05) is 36.7 Å². The van der Waals surface area contributed by atoms with E-state index in [9.17, 15) is 5.11 Å². The van der Waals surface area contributed by atoms with E-state index in [-0.39, 0.29) is 24.0 Å². The molecule has 0 saturated heterocycles. The zero-order valence-corrected chi connectivity index (χ0v) is 21.7. The summed E-state index contributed by atoms with van der Waals surface area (Å²) in [4.78, 5) is 10.9. The van der Waals surface area contributed by atoms with Gasteiger partial charge < -0.3 is 25.2 Å². The number of aromatic nitrogens is 4. The van der Waals surface area contributed by atoms with Crippen molar-refractivity contribution in [3.8, 4) is 0 Å². The van der Waals surface area contributed by atoms with Crippen LogP contribution in [-0.2, 0) is 13.6 Å². The molecule has 0 radical (unpaired) electrons. The molecule has 0 aliphatic rings. The fraction of sp³-hybridized carbons (Fsp3) is 0.391. The molecule has 33 heavy (non-hydrogen) atoms. The summed E-state index contributed by atoms with van der Waals surface area (Å²) in [5.74, 6) is 2.25. The van der Waals surface area contributed by atoms with Gasteiger partial charge in [-0.2, -0.15) is 0 Å². The number of anilines is 1. The van der Waals surface area contributed by atoms with Crippen LogP contribution in [0.5, 0.6) is 0 Å². The monoisotopic (exact) mass is 564 g/mol. The van der Waals surface area contributed by atoms with Crippen molar-refractivity contribution >= 4 is 35.6 Å². The number of benzene rings is 1. The van der Waals surface area contributed by atoms with Gasteiger partial charge in [0.15, 0.2) is 11.8 Å². The van der Waals surface area contributed by atoms with Crippen LogP contribution in [0.2, 0.25) is 0 Å². The third-order valence-electron chi connectivity index (χ3n) is 5.27. The average Bonchev–Trinajstić information content (AvgIpc) is 3.16. The minimum atomic E-state index is -0.661. The summed E-state index contributed by atoms with van der Waals surface area (Å²) in [6, 6.07) is 13.9. The molecule has 2 heterocycles. The Hall–Kier alpha value is -2.73. The van der Waals surface area contributed by atoms with E-state index < -0.39 is 6.10 Å². The lowest BCUT2D eigenvalue weighted by Gasteiger charge is -2.20. The predicted octanol–water partition coefficient (Wildman–Crippen LogP) is 2.43. The van der Waals surface area contributed by atoms with Crippen LogP contribution in [0.4, 0.5) is 5.69 Å². The Morgan fingerprint density at radius 3 is 2.52 bits per heavy atom. The third kappa shape index (κ3) is 8.28. The molecule has 1 aromatic carbocycles. The number of nitrogens with zero attached hydrogens (tertiary/aromatic N) is 6. The second-order valence-electron chi connectivity index (χ2n) is 7.60. The van der Waals surface area contributed by atoms with Crippen molar-refractivity contribution in [2.45, 2.75) is 26.0 Å². The molecule has 0 fully saturated rings. The third-order valence-corrected chi connectivity index (χ3v) is 5.27. The van der Waals surface area contributed by atoms with Crippen LogP contribution in [0, 0.1) is 6.92 Å². The maximum absolute atomic E-state index is 10.5. The first-order chi connectivity index (χ1) is 15.5. The van der Waals surface area contributed by atoms with Gasteiger partial charge in [0.25, 0.3) is 0 Å². The maximum atomic E-state index is 10.5. The van der Waals surface area contributed by atoms with Gasteiger partial charge in [-0.3, -0.25) is 4.98 Å². The van der Waals surface area contributed by atoms with E-state index in [4.69, 9.17) is 0 Å². The van der Waals surface area contributed by atoms with E-state index in [1.54, 1.807) is 24.5 Å². The summed E-state index contributed by atoms with van der Waals surface area (Å²) in [5, 5.41) is 25.3. The van der Waals surface area contributed by atoms with E-state index in [1.165, 1.54) is 5.69 Å². The highest BCUT2D eigenvalue weighted by molar-refractivity contribution is 14.0. The predicted molar refractivity (Wildman–Crippen MR) is 142 cm³/mol. The molecule has 1 unspecified atom stereocenters. The number of rotatable bonds is 10. The Labute approximate surface area is 212 Å². The largest absolute Gasteiger partial charge is 0.387 e. The fourth-order valence-corrected chi connectivity index (χ4v) is 3.14. The molecule has 0 aliphatic carbocycles. The lowest BCUT2D eigenvalue weighted by atomic mass is 10.1. The van der Waals surface area contributed by atoms with E-state index in [0.717, 1.165) is 36.7 Å². The lowest BCUT2D eigenvalue weighted by Crippen LogP contribution is -2.40. The number of nitrogens with one attached hydrogen (secondary N) is 2. The molecule has 0 amide bonds. The van der Waals surface area contributed by atoms with Gasteiger partial charge in [-0.05, 0) is 43.2 Å². The number of aliphatic imine (C=N–C) groups is 1. The van der Waals surface area contributed by atoms with Crippen molar-refractivity contribution in [1.82, 2.24) is 30.4 Å². The molecule has 0 spiro atoms. The zero-order chi connectivity index (χ0) is 22.8. The SMILES string of the molecule is Cc1nnc(CN=C(NCCCN(C)c2ccccc2)NCC(O)c2ccncc2)n1C.I. The van der Waals surface area contributed by atoms with Crippen LogP contribution in [-0.4, -0.2) is 57.5 Å². The Bertz CT molecular complexity index is 981. The Kier molecular flexibility index (Phi) is 11.0. The quantitative estimate of drug-likeness (QED) is 0.151. The van der Waals surface area contributed by atoms with Crippen LogP contribution >= 0.6 is 24.0 Å². The van der Waals surface area contributed by atoms with E-state index >= 15 is 0 Å². The number of pyridine rings is 1. The molecule has 3 N–H and O–H groups in total. The smallest absolute Gasteiger partial charge is 0.191 e. The van der Waals surface area contributed by atoms with Gasteiger partial charge in [0.1, 0.15) is 12.4 Å². The topological polar surface area (TPSA) is 103 Å². The van der Waals surface area contributed by atoms with Gasteiger partial charge in [-0.15, -0.1) is 34.2 Å². The number of aliphatic hydroxyl groups is 1. The number of hydrogen-bond acceptors (Lipinski definition) is 6. The first kappa shape index (κ1) is 26.5. The second kappa shape index (κ2) is 13.7. The first-order valence-corrected chi connectivity index (χ1v) is 10.8. The van der Waals surface area contributed by atoms with Crippen molar-refractivity contribution < 1.29 is 5.11 Å². The molecule has 3 aromatic rings. The highest BCUT2D eigenvalue weighted by Gasteiger charge is 2.10. The molecule has 2 aromatic heterocycles. The second-order valence-corrected chi connectivity index (χ2v) is 7.60. The standard InChI is InChI=1S/C23H32N8O.HI/c1-18-28-29-22(31(18)3)17-27-23(26-16-21(32)19-10-13-24-14-11-19)25-12-7-15-30(2)20-8-5-4-6-9-20;/h4-6,8-11,13-14,21,32H,7,12,15-17H2,1-3H3,(H2,25,26,27);1H. The van der Waals surface area contributed by atoms with Gasteiger partial charge in [0.05, 0.1) is 6.10 Å². The minimum Gasteiger partial charge on any atom is -0.387 e. The fourth-order valence-electron chi connectivity index (χ4n) is 3.14. The summed E-state index contributed by atoms with van der Waals surface area (Å²) in [5.41, 5.74) is 2.00. The normalized spacial score (nSPS) is 12.1. The van der Waals surface area contributed by atoms with Crippen molar-refractivity contribution in [1.29, 1.82) is 0 Å². The van der Waals surface area contributed by atoms with Gasteiger partial charge in [0, 0.05) is 51.8 Å². The van der Waals surface area contributed by atoms with Gasteiger partial charge in [-0.25, -0.2) is 4.99 Å². The summed E-state index contributed by atoms with van der Waals surface area (Å²) >= 11 is 0. The van der Waals surface area contributed by atoms with Crippen LogP contribution in [0.15, 0.2) is 59.9 Å². The Balaban J connectivity index is 0.00000385. The van der Waals surface area contributed by atoms with Crippen LogP contribution in [0.25, 0.3) is 0 Å². The lowest BCUT2D eigenvalue weighted by molar-refractivity contribution is 0.180. The van der Waals surface area contributed by atoms with Gasteiger partial charge in [-0.1, -0.05) is 18.2 Å². The van der Waals surface area contributed by atoms with Gasteiger partial charge >= 0.3 is 0 Å². The highest BCUT2D eigenvalue weighted by Crippen LogP contribution is 2.11. The molecular weight excluding hydrogens is 531 g/mol. The number of aliphatic hydroxyl groups excluding tert-OH is 1. The summed E-state index contributed by atoms with van der Waals surface area (Å²) < 4.78 is 1.92. The Morgan fingerprint density at radius 2 is 1.85 bits per heavy atom. The molecule has 10 heteroatoms. The Morgan fingerprint density at radius 1 is 1.12 bits per heavy atom. The average molecular weight is 564 g/mol. The molecule has 178 valence electrons. The molecular formula is C23H33IN8O. The van der Waals surface area contributed by atoms with Crippen LogP contribution < -0.4 is 15.5 Å². The molecule has 0 bridgehead atoms. The minimum absolute atomic E-state index is 0. The maximum Gasteiger partial charge on any atom is 0.191 e. The first-order valence-electron chi connectivity index (χ1n) is 10.8. The highest BCUT2D eigenvalue weighted by atomic mass is 127. The molecule has 0 saturated carbocycles. The van der Waals surface area contributed by atoms with Crippen molar-refractivity contribution in [3.05, 3.63) is 72.1 Å². The van der Waals surface area contributed by atoms with Crippen LogP contribution in [0.1, 0.15) is 29.7 Å². The molecule has 3 rings (SSSR count). The number of guanidine groups is 1. The van der Waals surface area contributed by atoms with Crippen LogP contribution in [0.3, 0.4) is 0 Å².